The Morgan fingerprint density at radius 3 is 2.17 bits per heavy atom. The number of hydrogen-bond acceptors (Lipinski definition) is 13. The van der Waals surface area contributed by atoms with Crippen LogP contribution in [0.25, 0.3) is 11.0 Å². The van der Waals surface area contributed by atoms with Crippen molar-refractivity contribution >= 4 is 11.0 Å². The van der Waals surface area contributed by atoms with Gasteiger partial charge in [-0.2, -0.15) is 0 Å². The van der Waals surface area contributed by atoms with Crippen molar-refractivity contribution in [2.75, 3.05) is 13.2 Å². The fourth-order valence-electron chi connectivity index (χ4n) is 4.17. The summed E-state index contributed by atoms with van der Waals surface area (Å²) in [5.41, 5.74) is 0.381. The zero-order valence-electron chi connectivity index (χ0n) is 18.6. The summed E-state index contributed by atoms with van der Waals surface area (Å²) >= 11 is 0. The van der Waals surface area contributed by atoms with Crippen molar-refractivity contribution in [1.29, 1.82) is 0 Å². The highest BCUT2D eigenvalue weighted by Crippen LogP contribution is 2.31. The number of rotatable bonds is 6. The van der Waals surface area contributed by atoms with Gasteiger partial charge in [0.15, 0.2) is 6.29 Å². The molecule has 2 aliphatic rings. The molecule has 2 fully saturated rings. The Kier molecular flexibility index (Phi) is 7.73. The lowest BCUT2D eigenvalue weighted by Crippen LogP contribution is -2.65. The van der Waals surface area contributed by atoms with E-state index in [0.717, 1.165) is 0 Å². The first kappa shape index (κ1) is 25.9. The molecule has 10 atom stereocenters. The van der Waals surface area contributed by atoms with E-state index in [1.807, 2.05) is 0 Å². The van der Waals surface area contributed by atoms with E-state index in [-0.39, 0.29) is 11.3 Å². The third-order valence-corrected chi connectivity index (χ3v) is 6.14. The summed E-state index contributed by atoms with van der Waals surface area (Å²) in [6, 6.07) is 5.94. The molecule has 13 heteroatoms. The molecule has 1 aromatic heterocycles. The predicted octanol–water partition coefficient (Wildman–Crippen LogP) is -2.90. The largest absolute Gasteiger partial charge is 0.462 e. The highest BCUT2D eigenvalue weighted by atomic mass is 16.7. The van der Waals surface area contributed by atoms with Gasteiger partial charge in [-0.15, -0.1) is 0 Å². The quantitative estimate of drug-likeness (QED) is 0.199. The van der Waals surface area contributed by atoms with Crippen LogP contribution in [-0.4, -0.2) is 110 Å². The molecule has 2 aliphatic heterocycles. The van der Waals surface area contributed by atoms with Crippen LogP contribution >= 0.6 is 0 Å². The molecule has 0 saturated carbocycles. The second-order valence-corrected chi connectivity index (χ2v) is 8.53. The second kappa shape index (κ2) is 10.4. The molecule has 194 valence electrons. The molecule has 4 rings (SSSR count). The predicted molar refractivity (Wildman–Crippen MR) is 114 cm³/mol. The minimum Gasteiger partial charge on any atom is -0.462 e. The van der Waals surface area contributed by atoms with Gasteiger partial charge in [-0.3, -0.25) is 0 Å². The average Bonchev–Trinajstić information content (AvgIpc) is 2.83. The highest BCUT2D eigenvalue weighted by molar-refractivity contribution is 5.81. The zero-order chi connectivity index (χ0) is 25.4. The fourth-order valence-corrected chi connectivity index (χ4v) is 4.17. The van der Waals surface area contributed by atoms with Gasteiger partial charge >= 0.3 is 5.63 Å². The minimum atomic E-state index is -1.76. The topological polar surface area (TPSA) is 209 Å². The average molecular weight is 500 g/mol. The molecule has 2 aromatic rings. The number of benzene rings is 1. The molecule has 0 aliphatic carbocycles. The molecule has 0 amide bonds. The zero-order valence-corrected chi connectivity index (χ0v) is 18.6. The number of fused-ring (bicyclic) bond motifs is 1. The lowest BCUT2D eigenvalue weighted by Gasteiger charge is -2.45. The van der Waals surface area contributed by atoms with Crippen molar-refractivity contribution < 1.29 is 59.1 Å². The summed E-state index contributed by atoms with van der Waals surface area (Å²) in [6.07, 6.45) is -15.6. The van der Waals surface area contributed by atoms with E-state index in [0.29, 0.717) is 10.9 Å². The monoisotopic (exact) mass is 500 g/mol. The van der Waals surface area contributed by atoms with Gasteiger partial charge in [0.1, 0.15) is 60.2 Å². The van der Waals surface area contributed by atoms with E-state index in [1.165, 1.54) is 12.1 Å². The van der Waals surface area contributed by atoms with Gasteiger partial charge in [0.25, 0.3) is 0 Å². The molecular formula is C22H28O13. The van der Waals surface area contributed by atoms with Crippen molar-refractivity contribution in [1.82, 2.24) is 0 Å². The van der Waals surface area contributed by atoms with Gasteiger partial charge in [-0.25, -0.2) is 4.79 Å². The molecule has 3 heterocycles. The number of aryl methyl sites for hydroxylation is 1. The summed E-state index contributed by atoms with van der Waals surface area (Å²) in [5.74, 6) is 0.146. The van der Waals surface area contributed by atoms with Crippen LogP contribution in [0.5, 0.6) is 5.75 Å². The maximum absolute atomic E-state index is 11.7. The Labute approximate surface area is 198 Å². The van der Waals surface area contributed by atoms with Gasteiger partial charge in [0, 0.05) is 17.5 Å². The minimum absolute atomic E-state index is 0.146. The summed E-state index contributed by atoms with van der Waals surface area (Å²) in [6.45, 7) is 0.352. The highest BCUT2D eigenvalue weighted by Gasteiger charge is 2.51. The van der Waals surface area contributed by atoms with Crippen molar-refractivity contribution in [3.63, 3.8) is 0 Å². The van der Waals surface area contributed by atoms with Gasteiger partial charge in [0.2, 0.25) is 6.29 Å². The van der Waals surface area contributed by atoms with Crippen LogP contribution in [0.2, 0.25) is 0 Å². The van der Waals surface area contributed by atoms with Crippen LogP contribution < -0.4 is 10.4 Å². The van der Waals surface area contributed by atoms with Crippen molar-refractivity contribution in [3.8, 4) is 5.75 Å². The molecule has 1 aromatic carbocycles. The van der Waals surface area contributed by atoms with Gasteiger partial charge in [0.05, 0.1) is 13.2 Å². The van der Waals surface area contributed by atoms with Crippen LogP contribution in [0, 0.1) is 6.92 Å². The van der Waals surface area contributed by atoms with E-state index in [4.69, 9.17) is 23.4 Å². The van der Waals surface area contributed by atoms with Crippen molar-refractivity contribution in [3.05, 3.63) is 40.2 Å². The Bertz CT molecular complexity index is 1070. The maximum atomic E-state index is 11.7. The molecule has 0 bridgehead atoms. The van der Waals surface area contributed by atoms with Gasteiger partial charge in [-0.05, 0) is 24.6 Å². The third-order valence-electron chi connectivity index (χ3n) is 6.14. The first-order chi connectivity index (χ1) is 16.6. The third kappa shape index (κ3) is 5.06. The lowest BCUT2D eigenvalue weighted by atomic mass is 9.97. The lowest BCUT2D eigenvalue weighted by molar-refractivity contribution is -0.352. The molecule has 7 N–H and O–H groups in total. The van der Waals surface area contributed by atoms with E-state index in [9.17, 15) is 40.5 Å². The first-order valence-electron chi connectivity index (χ1n) is 10.9. The fraction of sp³-hybridized carbons (Fsp3) is 0.591. The van der Waals surface area contributed by atoms with Gasteiger partial charge in [-0.1, -0.05) is 0 Å². The molecule has 0 unspecified atom stereocenters. The molecule has 2 saturated heterocycles. The van der Waals surface area contributed by atoms with Gasteiger partial charge < -0.3 is 59.1 Å². The Hall–Kier alpha value is -2.17. The number of aliphatic hydroxyl groups excluding tert-OH is 7. The number of aliphatic hydroxyl groups is 7. The Morgan fingerprint density at radius 2 is 1.49 bits per heavy atom. The van der Waals surface area contributed by atoms with Crippen molar-refractivity contribution in [2.45, 2.75) is 68.3 Å². The Balaban J connectivity index is 1.50. The smallest absolute Gasteiger partial charge is 0.336 e. The number of ether oxygens (including phenoxy) is 4. The molecular weight excluding hydrogens is 472 g/mol. The standard InChI is InChI=1S/C22H28O13/c1-8-4-14(25)32-11-5-9(2-3-10(8)11)31-21-19(30)17(28)20(13(7-24)34-21)35-22-18(29)16(27)15(26)12(6-23)33-22/h2-5,12-13,15-24,26-30H,6-7H2,1H3/t12-,13+,15+,16+,17+,18-,19+,20+,21+,22-/m0/s1. The summed E-state index contributed by atoms with van der Waals surface area (Å²) in [5, 5.41) is 71.1. The maximum Gasteiger partial charge on any atom is 0.336 e. The molecule has 35 heavy (non-hydrogen) atoms. The number of hydrogen-bond donors (Lipinski definition) is 7. The van der Waals surface area contributed by atoms with E-state index in [1.54, 1.807) is 19.1 Å². The summed E-state index contributed by atoms with van der Waals surface area (Å²) in [4.78, 5) is 11.7. The molecule has 0 spiro atoms. The second-order valence-electron chi connectivity index (χ2n) is 8.53. The van der Waals surface area contributed by atoms with E-state index in [2.05, 4.69) is 0 Å². The van der Waals surface area contributed by atoms with Crippen LogP contribution in [-0.2, 0) is 14.2 Å². The normalized spacial score (nSPS) is 37.9. The summed E-state index contributed by atoms with van der Waals surface area (Å²) < 4.78 is 27.1. The molecule has 0 radical (unpaired) electrons. The first-order valence-corrected chi connectivity index (χ1v) is 10.9. The van der Waals surface area contributed by atoms with Crippen molar-refractivity contribution in [2.24, 2.45) is 0 Å². The Morgan fingerprint density at radius 1 is 0.829 bits per heavy atom. The summed E-state index contributed by atoms with van der Waals surface area (Å²) in [7, 11) is 0. The van der Waals surface area contributed by atoms with Crippen LogP contribution in [0.3, 0.4) is 0 Å². The van der Waals surface area contributed by atoms with Crippen LogP contribution in [0.4, 0.5) is 0 Å². The van der Waals surface area contributed by atoms with Crippen LogP contribution in [0.1, 0.15) is 5.56 Å². The SMILES string of the molecule is Cc1cc(=O)oc2cc(O[C@@H]3O[C@H](CO)[C@@H](O[C@@H]4O[C@@H](CO)[C@@H](O)[C@@H](O)[C@@H]4O)[C@H](O)[C@H]3O)ccc12. The van der Waals surface area contributed by atoms with E-state index < -0.39 is 80.3 Å². The molecule has 13 nitrogen and oxygen atoms in total. The van der Waals surface area contributed by atoms with Crippen LogP contribution in [0.15, 0.2) is 33.5 Å². The van der Waals surface area contributed by atoms with E-state index >= 15 is 0 Å².